The second-order valence-electron chi connectivity index (χ2n) is 5.92. The van der Waals surface area contributed by atoms with Crippen molar-refractivity contribution >= 4 is 23.2 Å². The van der Waals surface area contributed by atoms with Gasteiger partial charge in [-0.1, -0.05) is 29.3 Å². The molecule has 1 fully saturated rings. The Bertz CT molecular complexity index is 636. The van der Waals surface area contributed by atoms with E-state index in [1.807, 2.05) is 12.1 Å². The fraction of sp³-hybridized carbons (Fsp3) is 0.444. The van der Waals surface area contributed by atoms with Crippen molar-refractivity contribution in [1.82, 2.24) is 9.47 Å². The lowest BCUT2D eigenvalue weighted by Crippen LogP contribution is -2.37. The molecule has 3 rings (SSSR count). The van der Waals surface area contributed by atoms with E-state index in [1.165, 1.54) is 12.1 Å². The number of ether oxygens (including phenoxy) is 1. The van der Waals surface area contributed by atoms with Gasteiger partial charge in [0.05, 0.1) is 13.2 Å². The van der Waals surface area contributed by atoms with Gasteiger partial charge in [0.1, 0.15) is 0 Å². The van der Waals surface area contributed by atoms with E-state index in [9.17, 15) is 0 Å². The zero-order chi connectivity index (χ0) is 16.1. The summed E-state index contributed by atoms with van der Waals surface area (Å²) < 4.78 is 7.66. The summed E-state index contributed by atoms with van der Waals surface area (Å²) in [5, 5.41) is 1.41. The fourth-order valence-corrected chi connectivity index (χ4v) is 3.44. The first-order valence-corrected chi connectivity index (χ1v) is 8.86. The molecule has 0 bridgehead atoms. The third-order valence-electron chi connectivity index (χ3n) is 4.29. The van der Waals surface area contributed by atoms with Gasteiger partial charge < -0.3 is 9.30 Å². The summed E-state index contributed by atoms with van der Waals surface area (Å²) >= 11 is 12.3. The van der Waals surface area contributed by atoms with Crippen molar-refractivity contribution < 1.29 is 4.74 Å². The van der Waals surface area contributed by atoms with Gasteiger partial charge in [-0.05, 0) is 49.2 Å². The summed E-state index contributed by atoms with van der Waals surface area (Å²) in [6, 6.07) is 10.0. The van der Waals surface area contributed by atoms with Gasteiger partial charge in [-0.25, -0.2) is 0 Å². The second kappa shape index (κ2) is 8.20. The number of nitrogens with zero attached hydrogens (tertiary/aromatic N) is 2. The van der Waals surface area contributed by atoms with Gasteiger partial charge in [0.2, 0.25) is 0 Å². The summed E-state index contributed by atoms with van der Waals surface area (Å²) in [7, 11) is 0. The second-order valence-corrected chi connectivity index (χ2v) is 6.76. The predicted octanol–water partition coefficient (Wildman–Crippen LogP) is 4.11. The van der Waals surface area contributed by atoms with Gasteiger partial charge in [0.25, 0.3) is 0 Å². The Kier molecular flexibility index (Phi) is 6.01. The molecule has 124 valence electrons. The van der Waals surface area contributed by atoms with Crippen LogP contribution in [0, 0.1) is 0 Å². The molecule has 0 radical (unpaired) electrons. The highest BCUT2D eigenvalue weighted by atomic mass is 35.5. The molecule has 2 aromatic rings. The summed E-state index contributed by atoms with van der Waals surface area (Å²) in [5.41, 5.74) is 2.45. The summed E-state index contributed by atoms with van der Waals surface area (Å²) in [6.45, 7) is 5.77. The number of halogens is 2. The average molecular weight is 353 g/mol. The Labute approximate surface area is 147 Å². The Morgan fingerprint density at radius 2 is 1.91 bits per heavy atom. The van der Waals surface area contributed by atoms with Crippen molar-refractivity contribution in [3.8, 4) is 0 Å². The van der Waals surface area contributed by atoms with Crippen molar-refractivity contribution in [3.05, 3.63) is 57.8 Å². The normalized spacial score (nSPS) is 15.9. The topological polar surface area (TPSA) is 17.4 Å². The van der Waals surface area contributed by atoms with Crippen LogP contribution < -0.4 is 0 Å². The van der Waals surface area contributed by atoms with Crippen LogP contribution in [0.15, 0.2) is 36.5 Å². The fourth-order valence-electron chi connectivity index (χ4n) is 2.97. The molecule has 1 aliphatic rings. The van der Waals surface area contributed by atoms with Crippen LogP contribution in [0.4, 0.5) is 0 Å². The lowest BCUT2D eigenvalue weighted by molar-refractivity contribution is 0.0374. The average Bonchev–Trinajstić information content (AvgIpc) is 2.98. The molecule has 5 heteroatoms. The molecule has 0 aliphatic carbocycles. The highest BCUT2D eigenvalue weighted by molar-refractivity contribution is 6.35. The van der Waals surface area contributed by atoms with Gasteiger partial charge >= 0.3 is 0 Å². The molecule has 2 heterocycles. The van der Waals surface area contributed by atoms with Crippen LogP contribution >= 0.6 is 23.2 Å². The van der Waals surface area contributed by atoms with Crippen LogP contribution in [0.5, 0.6) is 0 Å². The highest BCUT2D eigenvalue weighted by Gasteiger charge is 2.10. The molecule has 1 aromatic carbocycles. The molecule has 0 amide bonds. The molecule has 0 atom stereocenters. The summed E-state index contributed by atoms with van der Waals surface area (Å²) in [5.74, 6) is 0. The van der Waals surface area contributed by atoms with Gasteiger partial charge in [-0.15, -0.1) is 0 Å². The molecule has 1 saturated heterocycles. The zero-order valence-electron chi connectivity index (χ0n) is 13.2. The molecule has 23 heavy (non-hydrogen) atoms. The Balaban J connectivity index is 1.56. The van der Waals surface area contributed by atoms with Crippen molar-refractivity contribution in [2.75, 3.05) is 32.8 Å². The monoisotopic (exact) mass is 352 g/mol. The van der Waals surface area contributed by atoms with E-state index in [4.69, 9.17) is 27.9 Å². The third-order valence-corrected chi connectivity index (χ3v) is 4.88. The Hall–Kier alpha value is -1.00. The van der Waals surface area contributed by atoms with Gasteiger partial charge in [0.15, 0.2) is 0 Å². The van der Waals surface area contributed by atoms with E-state index in [2.05, 4.69) is 27.8 Å². The molecular weight excluding hydrogens is 331 g/mol. The number of aryl methyl sites for hydroxylation is 1. The third kappa shape index (κ3) is 4.74. The number of benzene rings is 1. The van der Waals surface area contributed by atoms with E-state index >= 15 is 0 Å². The van der Waals surface area contributed by atoms with Crippen LogP contribution in [-0.4, -0.2) is 42.3 Å². The molecule has 1 aromatic heterocycles. The maximum Gasteiger partial charge on any atom is 0.0594 e. The minimum atomic E-state index is 0.678. The van der Waals surface area contributed by atoms with Crippen LogP contribution in [-0.2, 0) is 17.7 Å². The number of aromatic nitrogens is 1. The molecule has 3 nitrogen and oxygen atoms in total. The van der Waals surface area contributed by atoms with Crippen LogP contribution in [0.25, 0.3) is 0 Å². The molecule has 0 spiro atoms. The largest absolute Gasteiger partial charge is 0.379 e. The summed E-state index contributed by atoms with van der Waals surface area (Å²) in [4.78, 5) is 2.48. The van der Waals surface area contributed by atoms with Gasteiger partial charge in [0, 0.05) is 41.6 Å². The standard InChI is InChI=1S/C18H22Cl2N2O/c19-16-6-5-15(18(20)13-16)14-22-8-2-4-17(22)3-1-7-21-9-11-23-12-10-21/h2,4-6,8,13H,1,3,7,9-12,14H2. The lowest BCUT2D eigenvalue weighted by Gasteiger charge is -2.26. The Morgan fingerprint density at radius 3 is 2.70 bits per heavy atom. The maximum absolute atomic E-state index is 6.29. The molecular formula is C18H22Cl2N2O. The van der Waals surface area contributed by atoms with Crippen LogP contribution in [0.3, 0.4) is 0 Å². The first kappa shape index (κ1) is 16.8. The molecule has 0 unspecified atom stereocenters. The van der Waals surface area contributed by atoms with Crippen LogP contribution in [0.2, 0.25) is 10.0 Å². The summed E-state index contributed by atoms with van der Waals surface area (Å²) in [6.07, 6.45) is 4.36. The smallest absolute Gasteiger partial charge is 0.0594 e. The quantitative estimate of drug-likeness (QED) is 0.778. The van der Waals surface area contributed by atoms with E-state index in [0.29, 0.717) is 5.02 Å². The predicted molar refractivity (Wildman–Crippen MR) is 95.6 cm³/mol. The van der Waals surface area contributed by atoms with Crippen molar-refractivity contribution in [1.29, 1.82) is 0 Å². The number of hydrogen-bond donors (Lipinski definition) is 0. The van der Waals surface area contributed by atoms with E-state index in [1.54, 1.807) is 6.07 Å². The zero-order valence-corrected chi connectivity index (χ0v) is 14.7. The van der Waals surface area contributed by atoms with Gasteiger partial charge in [-0.3, -0.25) is 4.90 Å². The van der Waals surface area contributed by atoms with Crippen molar-refractivity contribution in [3.63, 3.8) is 0 Å². The Morgan fingerprint density at radius 1 is 1.09 bits per heavy atom. The van der Waals surface area contributed by atoms with Crippen molar-refractivity contribution in [2.45, 2.75) is 19.4 Å². The number of hydrogen-bond acceptors (Lipinski definition) is 2. The lowest BCUT2D eigenvalue weighted by atomic mass is 10.2. The minimum absolute atomic E-state index is 0.678. The van der Waals surface area contributed by atoms with E-state index in [0.717, 1.165) is 56.4 Å². The van der Waals surface area contributed by atoms with Crippen LogP contribution in [0.1, 0.15) is 17.7 Å². The molecule has 0 saturated carbocycles. The maximum atomic E-state index is 6.29. The van der Waals surface area contributed by atoms with E-state index < -0.39 is 0 Å². The van der Waals surface area contributed by atoms with E-state index in [-0.39, 0.29) is 0 Å². The first-order chi connectivity index (χ1) is 11.2. The van der Waals surface area contributed by atoms with Gasteiger partial charge in [-0.2, -0.15) is 0 Å². The van der Waals surface area contributed by atoms with Crippen molar-refractivity contribution in [2.24, 2.45) is 0 Å². The molecule has 1 aliphatic heterocycles. The first-order valence-electron chi connectivity index (χ1n) is 8.10. The number of rotatable bonds is 6. The molecule has 0 N–H and O–H groups in total. The number of morpholine rings is 1. The highest BCUT2D eigenvalue weighted by Crippen LogP contribution is 2.22. The minimum Gasteiger partial charge on any atom is -0.379 e. The SMILES string of the molecule is Clc1ccc(Cn2cccc2CCCN2CCOCC2)c(Cl)c1.